The summed E-state index contributed by atoms with van der Waals surface area (Å²) in [5, 5.41) is 0. The van der Waals surface area contributed by atoms with E-state index in [9.17, 15) is 0 Å². The van der Waals surface area contributed by atoms with Crippen molar-refractivity contribution in [2.24, 2.45) is 5.73 Å². The van der Waals surface area contributed by atoms with E-state index in [1.54, 1.807) is 14.2 Å². The lowest BCUT2D eigenvalue weighted by atomic mass is 9.97. The summed E-state index contributed by atoms with van der Waals surface area (Å²) in [5.41, 5.74) is 10.1. The molecule has 0 spiro atoms. The van der Waals surface area contributed by atoms with E-state index in [0.717, 1.165) is 28.2 Å². The standard InChI is InChI=1S/C16H19NO2/c1-11-8-12(10-17)4-6-14(11)15-9-13(18-2)5-7-16(15)19-3/h4-9H,10,17H2,1-3H3. The minimum absolute atomic E-state index is 0.552. The Hall–Kier alpha value is -2.00. The van der Waals surface area contributed by atoms with Crippen molar-refractivity contribution in [2.45, 2.75) is 13.5 Å². The van der Waals surface area contributed by atoms with E-state index in [1.165, 1.54) is 5.56 Å². The van der Waals surface area contributed by atoms with Crippen LogP contribution in [0.2, 0.25) is 0 Å². The van der Waals surface area contributed by atoms with Crippen molar-refractivity contribution >= 4 is 0 Å². The summed E-state index contributed by atoms with van der Waals surface area (Å²) in [5.74, 6) is 1.66. The summed E-state index contributed by atoms with van der Waals surface area (Å²) < 4.78 is 10.7. The largest absolute Gasteiger partial charge is 0.497 e. The zero-order chi connectivity index (χ0) is 13.8. The maximum atomic E-state index is 5.66. The molecule has 2 aromatic carbocycles. The molecule has 3 nitrogen and oxygen atoms in total. The third kappa shape index (κ3) is 2.71. The lowest BCUT2D eigenvalue weighted by Gasteiger charge is -2.13. The quantitative estimate of drug-likeness (QED) is 0.915. The fraction of sp³-hybridized carbons (Fsp3) is 0.250. The lowest BCUT2D eigenvalue weighted by molar-refractivity contribution is 0.404. The second-order valence-corrected chi connectivity index (χ2v) is 4.42. The number of ether oxygens (including phenoxy) is 2. The predicted octanol–water partition coefficient (Wildman–Crippen LogP) is 3.14. The number of nitrogens with two attached hydrogens (primary N) is 1. The number of aryl methyl sites for hydroxylation is 1. The lowest BCUT2D eigenvalue weighted by Crippen LogP contribution is -1.98. The molecule has 0 saturated carbocycles. The Labute approximate surface area is 114 Å². The van der Waals surface area contributed by atoms with Crippen molar-refractivity contribution < 1.29 is 9.47 Å². The Morgan fingerprint density at radius 2 is 1.74 bits per heavy atom. The van der Waals surface area contributed by atoms with Crippen LogP contribution in [-0.2, 0) is 6.54 Å². The Balaban J connectivity index is 2.56. The van der Waals surface area contributed by atoms with Crippen LogP contribution in [0.1, 0.15) is 11.1 Å². The van der Waals surface area contributed by atoms with E-state index in [0.29, 0.717) is 6.54 Å². The molecule has 0 atom stereocenters. The number of methoxy groups -OCH3 is 2. The molecule has 0 aromatic heterocycles. The van der Waals surface area contributed by atoms with Gasteiger partial charge in [0.05, 0.1) is 14.2 Å². The van der Waals surface area contributed by atoms with Gasteiger partial charge in [0.15, 0.2) is 0 Å². The fourth-order valence-electron chi connectivity index (χ4n) is 2.18. The average Bonchev–Trinajstić information content (AvgIpc) is 2.46. The summed E-state index contributed by atoms with van der Waals surface area (Å²) in [4.78, 5) is 0. The number of rotatable bonds is 4. The molecule has 2 aromatic rings. The van der Waals surface area contributed by atoms with Gasteiger partial charge in [0, 0.05) is 12.1 Å². The molecule has 2 rings (SSSR count). The summed E-state index contributed by atoms with van der Waals surface area (Å²) in [6.45, 7) is 2.63. The van der Waals surface area contributed by atoms with E-state index in [2.05, 4.69) is 19.1 Å². The van der Waals surface area contributed by atoms with Gasteiger partial charge in [-0.2, -0.15) is 0 Å². The Bertz CT molecular complexity index is 579. The van der Waals surface area contributed by atoms with Gasteiger partial charge in [-0.3, -0.25) is 0 Å². The van der Waals surface area contributed by atoms with Crippen LogP contribution in [0.15, 0.2) is 36.4 Å². The van der Waals surface area contributed by atoms with E-state index in [-0.39, 0.29) is 0 Å². The van der Waals surface area contributed by atoms with Crippen LogP contribution in [0.3, 0.4) is 0 Å². The van der Waals surface area contributed by atoms with Crippen LogP contribution in [0.25, 0.3) is 11.1 Å². The highest BCUT2D eigenvalue weighted by atomic mass is 16.5. The maximum absolute atomic E-state index is 5.66. The van der Waals surface area contributed by atoms with Crippen molar-refractivity contribution in [1.29, 1.82) is 0 Å². The molecule has 2 N–H and O–H groups in total. The SMILES string of the molecule is COc1ccc(OC)c(-c2ccc(CN)cc2C)c1. The van der Waals surface area contributed by atoms with Gasteiger partial charge in [-0.25, -0.2) is 0 Å². The van der Waals surface area contributed by atoms with Crippen LogP contribution in [0.5, 0.6) is 11.5 Å². The smallest absolute Gasteiger partial charge is 0.126 e. The zero-order valence-corrected chi connectivity index (χ0v) is 11.6. The topological polar surface area (TPSA) is 44.5 Å². The summed E-state index contributed by atoms with van der Waals surface area (Å²) in [6, 6.07) is 12.0. The third-order valence-electron chi connectivity index (χ3n) is 3.22. The fourth-order valence-corrected chi connectivity index (χ4v) is 2.18. The van der Waals surface area contributed by atoms with Crippen LogP contribution >= 0.6 is 0 Å². The number of hydrogen-bond acceptors (Lipinski definition) is 3. The highest BCUT2D eigenvalue weighted by Crippen LogP contribution is 2.35. The first-order valence-corrected chi connectivity index (χ1v) is 6.21. The van der Waals surface area contributed by atoms with Crippen LogP contribution < -0.4 is 15.2 Å². The van der Waals surface area contributed by atoms with Gasteiger partial charge in [0.1, 0.15) is 11.5 Å². The monoisotopic (exact) mass is 257 g/mol. The number of hydrogen-bond donors (Lipinski definition) is 1. The molecule has 100 valence electrons. The van der Waals surface area contributed by atoms with E-state index in [4.69, 9.17) is 15.2 Å². The van der Waals surface area contributed by atoms with Crippen molar-refractivity contribution in [3.63, 3.8) is 0 Å². The van der Waals surface area contributed by atoms with Crippen LogP contribution in [0, 0.1) is 6.92 Å². The first-order chi connectivity index (χ1) is 9.19. The average molecular weight is 257 g/mol. The first kappa shape index (κ1) is 13.4. The molecule has 0 aliphatic rings. The van der Waals surface area contributed by atoms with E-state index in [1.807, 2.05) is 24.3 Å². The minimum Gasteiger partial charge on any atom is -0.497 e. The van der Waals surface area contributed by atoms with Crippen LogP contribution in [-0.4, -0.2) is 14.2 Å². The van der Waals surface area contributed by atoms with E-state index < -0.39 is 0 Å². The number of benzene rings is 2. The molecule has 0 aliphatic heterocycles. The molecule has 19 heavy (non-hydrogen) atoms. The Morgan fingerprint density at radius 3 is 2.32 bits per heavy atom. The molecule has 0 fully saturated rings. The molecule has 0 radical (unpaired) electrons. The Morgan fingerprint density at radius 1 is 0.947 bits per heavy atom. The van der Waals surface area contributed by atoms with Crippen LogP contribution in [0.4, 0.5) is 0 Å². The normalized spacial score (nSPS) is 10.3. The van der Waals surface area contributed by atoms with E-state index >= 15 is 0 Å². The molecule has 0 bridgehead atoms. The van der Waals surface area contributed by atoms with Gasteiger partial charge in [-0.1, -0.05) is 18.2 Å². The molecule has 0 heterocycles. The molecule has 0 amide bonds. The second kappa shape index (κ2) is 5.76. The summed E-state index contributed by atoms with van der Waals surface area (Å²) in [7, 11) is 3.34. The van der Waals surface area contributed by atoms with Gasteiger partial charge >= 0.3 is 0 Å². The van der Waals surface area contributed by atoms with Crippen molar-refractivity contribution in [2.75, 3.05) is 14.2 Å². The van der Waals surface area contributed by atoms with Gasteiger partial charge in [0.25, 0.3) is 0 Å². The molecule has 0 aliphatic carbocycles. The third-order valence-corrected chi connectivity index (χ3v) is 3.22. The van der Waals surface area contributed by atoms with Crippen molar-refractivity contribution in [3.05, 3.63) is 47.5 Å². The second-order valence-electron chi connectivity index (χ2n) is 4.42. The van der Waals surface area contributed by atoms with Crippen molar-refractivity contribution in [3.8, 4) is 22.6 Å². The van der Waals surface area contributed by atoms with Gasteiger partial charge in [-0.05, 0) is 41.8 Å². The maximum Gasteiger partial charge on any atom is 0.126 e. The predicted molar refractivity (Wildman–Crippen MR) is 77.6 cm³/mol. The van der Waals surface area contributed by atoms with Crippen molar-refractivity contribution in [1.82, 2.24) is 0 Å². The van der Waals surface area contributed by atoms with Gasteiger partial charge < -0.3 is 15.2 Å². The minimum atomic E-state index is 0.552. The molecule has 0 unspecified atom stereocenters. The highest BCUT2D eigenvalue weighted by Gasteiger charge is 2.10. The molecular weight excluding hydrogens is 238 g/mol. The highest BCUT2D eigenvalue weighted by molar-refractivity contribution is 5.75. The zero-order valence-electron chi connectivity index (χ0n) is 11.6. The summed E-state index contributed by atoms with van der Waals surface area (Å²) in [6.07, 6.45) is 0. The molecule has 0 saturated heterocycles. The summed E-state index contributed by atoms with van der Waals surface area (Å²) >= 11 is 0. The Kier molecular flexibility index (Phi) is 4.07. The molecular formula is C16H19NO2. The van der Waals surface area contributed by atoms with Gasteiger partial charge in [-0.15, -0.1) is 0 Å². The first-order valence-electron chi connectivity index (χ1n) is 6.21. The van der Waals surface area contributed by atoms with Gasteiger partial charge in [0.2, 0.25) is 0 Å². The molecule has 3 heteroatoms.